The van der Waals surface area contributed by atoms with Gasteiger partial charge in [-0.3, -0.25) is 4.79 Å². The van der Waals surface area contributed by atoms with E-state index in [9.17, 15) is 18.0 Å². The molecular formula is C24H29N3O6S. The van der Waals surface area contributed by atoms with Gasteiger partial charge in [0.2, 0.25) is 16.8 Å². The third-order valence-electron chi connectivity index (χ3n) is 6.32. The lowest BCUT2D eigenvalue weighted by Gasteiger charge is -2.29. The third-order valence-corrected chi connectivity index (χ3v) is 8.09. The smallest absolute Gasteiger partial charge is 0.374 e. The van der Waals surface area contributed by atoms with Gasteiger partial charge in [0, 0.05) is 42.1 Å². The molecule has 2 aromatic heterocycles. The second-order valence-electron chi connectivity index (χ2n) is 8.49. The van der Waals surface area contributed by atoms with Crippen LogP contribution in [-0.2, 0) is 26.1 Å². The van der Waals surface area contributed by atoms with Gasteiger partial charge in [0.15, 0.2) is 0 Å². The lowest BCUT2D eigenvalue weighted by molar-refractivity contribution is -0.126. The number of nitrogens with one attached hydrogen (secondary N) is 2. The molecule has 9 nitrogen and oxygen atoms in total. The Bertz CT molecular complexity index is 1320. The van der Waals surface area contributed by atoms with E-state index in [0.717, 1.165) is 22.2 Å². The van der Waals surface area contributed by atoms with Crippen LogP contribution < -0.4 is 5.32 Å². The van der Waals surface area contributed by atoms with Gasteiger partial charge in [-0.25, -0.2) is 13.2 Å². The van der Waals surface area contributed by atoms with E-state index in [1.165, 1.54) is 22.0 Å². The molecule has 3 aromatic rings. The Kier molecular flexibility index (Phi) is 6.81. The van der Waals surface area contributed by atoms with Gasteiger partial charge in [-0.05, 0) is 69.0 Å². The third kappa shape index (κ3) is 4.74. The molecule has 182 valence electrons. The average Bonchev–Trinajstić information content (AvgIpc) is 3.44. The molecule has 0 radical (unpaired) electrons. The summed E-state index contributed by atoms with van der Waals surface area (Å²) in [6.07, 6.45) is 0.817. The van der Waals surface area contributed by atoms with E-state index < -0.39 is 16.0 Å². The Morgan fingerprint density at radius 3 is 2.62 bits per heavy atom. The number of furan rings is 1. The Morgan fingerprint density at radius 2 is 1.91 bits per heavy atom. The number of carbonyl (C=O) groups excluding carboxylic acids is 2. The van der Waals surface area contributed by atoms with Crippen molar-refractivity contribution < 1.29 is 27.2 Å². The van der Waals surface area contributed by atoms with Crippen molar-refractivity contribution in [2.24, 2.45) is 5.92 Å². The van der Waals surface area contributed by atoms with Crippen LogP contribution in [0.1, 0.15) is 47.1 Å². The molecule has 4 rings (SSSR count). The van der Waals surface area contributed by atoms with Crippen molar-refractivity contribution >= 4 is 32.8 Å². The Hall–Kier alpha value is -3.11. The van der Waals surface area contributed by atoms with Gasteiger partial charge in [0.05, 0.1) is 6.61 Å². The molecule has 1 amide bonds. The minimum Gasteiger partial charge on any atom is -0.460 e. The Morgan fingerprint density at radius 1 is 1.18 bits per heavy atom. The SMILES string of the molecule is CCOC(=O)c1ccc(S(=O)(=O)N2CCC(C(=O)NCc3ccc4[nH]c(C)c(C)c4c3)CC2)o1. The van der Waals surface area contributed by atoms with Crippen LogP contribution in [0, 0.1) is 19.8 Å². The lowest BCUT2D eigenvalue weighted by Crippen LogP contribution is -2.42. The van der Waals surface area contributed by atoms with Crippen LogP contribution in [0.3, 0.4) is 0 Å². The van der Waals surface area contributed by atoms with E-state index in [2.05, 4.69) is 23.3 Å². The predicted octanol–water partition coefficient (Wildman–Crippen LogP) is 3.27. The summed E-state index contributed by atoms with van der Waals surface area (Å²) in [7, 11) is -3.89. The van der Waals surface area contributed by atoms with Crippen molar-refractivity contribution in [2.75, 3.05) is 19.7 Å². The van der Waals surface area contributed by atoms with Crippen molar-refractivity contribution in [3.8, 4) is 0 Å². The normalized spacial score (nSPS) is 15.5. The minimum absolute atomic E-state index is 0.0817. The summed E-state index contributed by atoms with van der Waals surface area (Å²) in [5, 5.41) is 3.83. The van der Waals surface area contributed by atoms with Gasteiger partial charge in [0.25, 0.3) is 10.0 Å². The number of rotatable bonds is 7. The van der Waals surface area contributed by atoms with Crippen molar-refractivity contribution in [1.29, 1.82) is 0 Å². The van der Waals surface area contributed by atoms with E-state index in [4.69, 9.17) is 9.15 Å². The van der Waals surface area contributed by atoms with E-state index in [0.29, 0.717) is 19.4 Å². The largest absolute Gasteiger partial charge is 0.460 e. The molecule has 1 aromatic carbocycles. The van der Waals surface area contributed by atoms with E-state index in [-0.39, 0.29) is 42.4 Å². The topological polar surface area (TPSA) is 122 Å². The maximum atomic E-state index is 12.9. The zero-order valence-corrected chi connectivity index (χ0v) is 20.3. The van der Waals surface area contributed by atoms with E-state index in [1.54, 1.807) is 6.92 Å². The molecule has 2 N–H and O–H groups in total. The lowest BCUT2D eigenvalue weighted by atomic mass is 9.97. The quantitative estimate of drug-likeness (QED) is 0.493. The molecule has 3 heterocycles. The molecule has 10 heteroatoms. The molecule has 0 saturated carbocycles. The monoisotopic (exact) mass is 487 g/mol. The van der Waals surface area contributed by atoms with Crippen molar-refractivity contribution in [2.45, 2.75) is 45.2 Å². The number of sulfonamides is 1. The van der Waals surface area contributed by atoms with E-state index >= 15 is 0 Å². The van der Waals surface area contributed by atoms with Gasteiger partial charge in [-0.2, -0.15) is 4.31 Å². The highest BCUT2D eigenvalue weighted by Gasteiger charge is 2.34. The summed E-state index contributed by atoms with van der Waals surface area (Å²) >= 11 is 0. The summed E-state index contributed by atoms with van der Waals surface area (Å²) in [5.74, 6) is -1.21. The second kappa shape index (κ2) is 9.63. The van der Waals surface area contributed by atoms with E-state index in [1.807, 2.05) is 19.1 Å². The molecule has 0 unspecified atom stereocenters. The van der Waals surface area contributed by atoms with Crippen molar-refractivity contribution in [3.63, 3.8) is 0 Å². The molecule has 1 saturated heterocycles. The first-order chi connectivity index (χ1) is 16.2. The summed E-state index contributed by atoms with van der Waals surface area (Å²) in [5.41, 5.74) is 4.41. The van der Waals surface area contributed by atoms with Crippen molar-refractivity contribution in [1.82, 2.24) is 14.6 Å². The number of carbonyl (C=O) groups is 2. The number of esters is 1. The number of H-pyrrole nitrogens is 1. The highest BCUT2D eigenvalue weighted by molar-refractivity contribution is 7.89. The fourth-order valence-corrected chi connectivity index (χ4v) is 5.59. The second-order valence-corrected chi connectivity index (χ2v) is 10.4. The highest BCUT2D eigenvalue weighted by atomic mass is 32.2. The number of nitrogens with zero attached hydrogens (tertiary/aromatic N) is 1. The van der Waals surface area contributed by atoms with Gasteiger partial charge >= 0.3 is 5.97 Å². The molecule has 1 aliphatic rings. The first-order valence-electron chi connectivity index (χ1n) is 11.3. The van der Waals surface area contributed by atoms with Crippen LogP contribution in [-0.4, -0.2) is 49.3 Å². The van der Waals surface area contributed by atoms with Crippen LogP contribution in [0.15, 0.2) is 39.8 Å². The maximum absolute atomic E-state index is 12.9. The fourth-order valence-electron chi connectivity index (χ4n) is 4.21. The van der Waals surface area contributed by atoms with Gasteiger partial charge in [-0.1, -0.05) is 6.07 Å². The summed E-state index contributed by atoms with van der Waals surface area (Å²) in [6.45, 7) is 6.74. The highest BCUT2D eigenvalue weighted by Crippen LogP contribution is 2.26. The summed E-state index contributed by atoms with van der Waals surface area (Å²) < 4.78 is 37.1. The molecular weight excluding hydrogens is 458 g/mol. The summed E-state index contributed by atoms with van der Waals surface area (Å²) in [4.78, 5) is 27.8. The Balaban J connectivity index is 1.33. The number of ether oxygens (including phenoxy) is 1. The van der Waals surface area contributed by atoms with Crippen LogP contribution in [0.25, 0.3) is 10.9 Å². The number of amides is 1. The van der Waals surface area contributed by atoms with Crippen molar-refractivity contribution in [3.05, 3.63) is 52.9 Å². The number of piperidine rings is 1. The molecule has 0 atom stereocenters. The zero-order chi connectivity index (χ0) is 24.5. The number of hydrogen-bond acceptors (Lipinski definition) is 6. The number of fused-ring (bicyclic) bond motifs is 1. The van der Waals surface area contributed by atoms with Gasteiger partial charge in [-0.15, -0.1) is 0 Å². The zero-order valence-electron chi connectivity index (χ0n) is 19.5. The summed E-state index contributed by atoms with van der Waals surface area (Å²) in [6, 6.07) is 8.63. The maximum Gasteiger partial charge on any atom is 0.374 e. The molecule has 1 aliphatic heterocycles. The fraction of sp³-hybridized carbons (Fsp3) is 0.417. The number of benzene rings is 1. The first kappa shape index (κ1) is 24.0. The van der Waals surface area contributed by atoms with Gasteiger partial charge in [0.1, 0.15) is 0 Å². The van der Waals surface area contributed by atoms with Crippen LogP contribution in [0.2, 0.25) is 0 Å². The van der Waals surface area contributed by atoms with Crippen LogP contribution in [0.4, 0.5) is 0 Å². The van der Waals surface area contributed by atoms with Crippen LogP contribution in [0.5, 0.6) is 0 Å². The average molecular weight is 488 g/mol. The molecule has 34 heavy (non-hydrogen) atoms. The first-order valence-corrected chi connectivity index (χ1v) is 12.8. The molecule has 0 bridgehead atoms. The number of aromatic nitrogens is 1. The molecule has 1 fully saturated rings. The predicted molar refractivity (Wildman–Crippen MR) is 126 cm³/mol. The minimum atomic E-state index is -3.89. The molecule has 0 aliphatic carbocycles. The van der Waals surface area contributed by atoms with Gasteiger partial charge < -0.3 is 19.5 Å². The number of aromatic amines is 1. The Labute approximate surface area is 198 Å². The molecule has 0 spiro atoms. The number of hydrogen-bond donors (Lipinski definition) is 2. The van der Waals surface area contributed by atoms with Crippen LogP contribution >= 0.6 is 0 Å². The standard InChI is InChI=1S/C24H29N3O6S/c1-4-32-24(29)21-7-8-22(33-21)34(30,31)27-11-9-18(10-12-27)23(28)25-14-17-5-6-20-19(13-17)15(2)16(3)26-20/h5-8,13,18,26H,4,9-12,14H2,1-3H3,(H,25,28). The number of aryl methyl sites for hydroxylation is 2.